The number of ether oxygens (including phenoxy) is 2. The lowest BCUT2D eigenvalue weighted by Crippen LogP contribution is -2.09. The zero-order chi connectivity index (χ0) is 13.5. The molecule has 2 aromatic rings. The van der Waals surface area contributed by atoms with Crippen LogP contribution >= 0.6 is 11.3 Å². The minimum absolute atomic E-state index is 0.640. The van der Waals surface area contributed by atoms with Gasteiger partial charge in [-0.15, -0.1) is 11.3 Å². The first-order valence-electron chi connectivity index (χ1n) is 6.25. The number of hydrogen-bond donors (Lipinski definition) is 2. The van der Waals surface area contributed by atoms with E-state index in [9.17, 15) is 0 Å². The molecule has 0 saturated heterocycles. The number of anilines is 2. The molecule has 0 amide bonds. The number of aromatic nitrogens is 1. The van der Waals surface area contributed by atoms with E-state index in [2.05, 4.69) is 10.3 Å². The van der Waals surface area contributed by atoms with Crippen LogP contribution in [-0.2, 0) is 9.47 Å². The molecule has 6 heteroatoms. The van der Waals surface area contributed by atoms with Gasteiger partial charge in [-0.2, -0.15) is 0 Å². The van der Waals surface area contributed by atoms with Crippen LogP contribution in [0.1, 0.15) is 6.42 Å². The topological polar surface area (TPSA) is 69.4 Å². The van der Waals surface area contributed by atoms with E-state index >= 15 is 0 Å². The van der Waals surface area contributed by atoms with Crippen molar-refractivity contribution in [2.75, 3.05) is 44.5 Å². The van der Waals surface area contributed by atoms with Crippen LogP contribution < -0.4 is 11.1 Å². The number of thiazole rings is 1. The molecule has 2 rings (SSSR count). The van der Waals surface area contributed by atoms with Crippen molar-refractivity contribution in [1.29, 1.82) is 0 Å². The summed E-state index contributed by atoms with van der Waals surface area (Å²) in [5.41, 5.74) is 10.4. The molecule has 1 aromatic carbocycles. The molecule has 0 spiro atoms. The Hall–Kier alpha value is -1.37. The maximum Gasteiger partial charge on any atom is 0.106 e. The van der Waals surface area contributed by atoms with Gasteiger partial charge in [-0.05, 0) is 18.6 Å². The van der Waals surface area contributed by atoms with Crippen molar-refractivity contribution in [1.82, 2.24) is 4.98 Å². The molecule has 104 valence electrons. The van der Waals surface area contributed by atoms with E-state index in [4.69, 9.17) is 15.2 Å². The van der Waals surface area contributed by atoms with E-state index < -0.39 is 0 Å². The van der Waals surface area contributed by atoms with Crippen LogP contribution in [0.4, 0.5) is 11.4 Å². The minimum atomic E-state index is 0.640. The van der Waals surface area contributed by atoms with Gasteiger partial charge in [0.2, 0.25) is 0 Å². The molecule has 0 unspecified atom stereocenters. The first-order chi connectivity index (χ1) is 9.33. The minimum Gasteiger partial charge on any atom is -0.395 e. The van der Waals surface area contributed by atoms with Gasteiger partial charge in [0.1, 0.15) is 5.52 Å². The van der Waals surface area contributed by atoms with E-state index in [1.54, 1.807) is 18.4 Å². The fourth-order valence-corrected chi connectivity index (χ4v) is 2.44. The van der Waals surface area contributed by atoms with Gasteiger partial charge in [-0.25, -0.2) is 4.98 Å². The summed E-state index contributed by atoms with van der Waals surface area (Å²) in [6.07, 6.45) is 0.929. The largest absolute Gasteiger partial charge is 0.395 e. The number of rotatable bonds is 8. The summed E-state index contributed by atoms with van der Waals surface area (Å²) >= 11 is 1.60. The smallest absolute Gasteiger partial charge is 0.106 e. The molecule has 0 bridgehead atoms. The Bertz CT molecular complexity index is 516. The van der Waals surface area contributed by atoms with Crippen LogP contribution in [0.25, 0.3) is 10.2 Å². The monoisotopic (exact) mass is 281 g/mol. The van der Waals surface area contributed by atoms with Crippen molar-refractivity contribution in [2.45, 2.75) is 6.42 Å². The van der Waals surface area contributed by atoms with Crippen molar-refractivity contribution in [3.8, 4) is 0 Å². The lowest BCUT2D eigenvalue weighted by molar-refractivity contribution is 0.0705. The van der Waals surface area contributed by atoms with E-state index in [-0.39, 0.29) is 0 Å². The summed E-state index contributed by atoms with van der Waals surface area (Å²) in [6.45, 7) is 2.83. The van der Waals surface area contributed by atoms with Gasteiger partial charge >= 0.3 is 0 Å². The number of nitrogens with zero attached hydrogens (tertiary/aromatic N) is 1. The van der Waals surface area contributed by atoms with Crippen LogP contribution in [0, 0.1) is 0 Å². The van der Waals surface area contributed by atoms with E-state index in [0.29, 0.717) is 13.2 Å². The quantitative estimate of drug-likeness (QED) is 0.574. The molecule has 5 nitrogen and oxygen atoms in total. The Labute approximate surface area is 116 Å². The summed E-state index contributed by atoms with van der Waals surface area (Å²) in [5, 5.41) is 3.31. The molecule has 0 aliphatic rings. The summed E-state index contributed by atoms with van der Waals surface area (Å²) in [6, 6.07) is 4.04. The van der Waals surface area contributed by atoms with E-state index in [1.165, 1.54) is 0 Å². The molecule has 0 radical (unpaired) electrons. The molecule has 0 aliphatic heterocycles. The predicted octanol–water partition coefficient (Wildman–Crippen LogP) is 2.34. The summed E-state index contributed by atoms with van der Waals surface area (Å²) < 4.78 is 11.4. The van der Waals surface area contributed by atoms with Crippen molar-refractivity contribution in [3.05, 3.63) is 17.6 Å². The van der Waals surface area contributed by atoms with Gasteiger partial charge in [0, 0.05) is 20.3 Å². The fourth-order valence-electron chi connectivity index (χ4n) is 1.75. The molecule has 3 N–H and O–H groups in total. The Balaban J connectivity index is 1.77. The van der Waals surface area contributed by atoms with Gasteiger partial charge in [0.05, 0.1) is 34.8 Å². The summed E-state index contributed by atoms with van der Waals surface area (Å²) in [5.74, 6) is 0. The first-order valence-corrected chi connectivity index (χ1v) is 7.13. The van der Waals surface area contributed by atoms with Crippen LogP contribution in [0.15, 0.2) is 17.6 Å². The summed E-state index contributed by atoms with van der Waals surface area (Å²) in [4.78, 5) is 4.27. The van der Waals surface area contributed by atoms with Crippen LogP contribution in [0.2, 0.25) is 0 Å². The fraction of sp³-hybridized carbons (Fsp3) is 0.462. The highest BCUT2D eigenvalue weighted by Gasteiger charge is 2.05. The number of nitrogens with one attached hydrogen (secondary N) is 1. The Morgan fingerprint density at radius 2 is 2.21 bits per heavy atom. The van der Waals surface area contributed by atoms with Gasteiger partial charge in [0.25, 0.3) is 0 Å². The van der Waals surface area contributed by atoms with Gasteiger partial charge in [-0.3, -0.25) is 0 Å². The standard InChI is InChI=1S/C13H19N3O2S/c1-17-7-8-18-6-2-5-15-10-3-4-11-13(12(10)14)16-9-19-11/h3-4,9,15H,2,5-8,14H2,1H3. The van der Waals surface area contributed by atoms with Crippen molar-refractivity contribution >= 4 is 32.9 Å². The molecule has 1 heterocycles. The second kappa shape index (κ2) is 7.28. The van der Waals surface area contributed by atoms with Crippen LogP contribution in [0.5, 0.6) is 0 Å². The zero-order valence-electron chi connectivity index (χ0n) is 11.0. The predicted molar refractivity (Wildman–Crippen MR) is 79.8 cm³/mol. The van der Waals surface area contributed by atoms with Crippen molar-refractivity contribution in [2.24, 2.45) is 0 Å². The van der Waals surface area contributed by atoms with Gasteiger partial charge in [-0.1, -0.05) is 0 Å². The third-order valence-electron chi connectivity index (χ3n) is 2.75. The number of methoxy groups -OCH3 is 1. The number of benzene rings is 1. The Morgan fingerprint density at radius 3 is 3.05 bits per heavy atom. The number of hydrogen-bond acceptors (Lipinski definition) is 6. The van der Waals surface area contributed by atoms with Crippen LogP contribution in [-0.4, -0.2) is 38.5 Å². The maximum absolute atomic E-state index is 6.08. The third-order valence-corrected chi connectivity index (χ3v) is 3.55. The first kappa shape index (κ1) is 14.0. The number of nitrogen functional groups attached to an aromatic ring is 1. The molecular formula is C13H19N3O2S. The average Bonchev–Trinajstić information content (AvgIpc) is 2.89. The molecule has 0 fully saturated rings. The highest BCUT2D eigenvalue weighted by Crippen LogP contribution is 2.29. The second-order valence-electron chi connectivity index (χ2n) is 4.11. The highest BCUT2D eigenvalue weighted by atomic mass is 32.1. The molecular weight excluding hydrogens is 262 g/mol. The van der Waals surface area contributed by atoms with Crippen molar-refractivity contribution in [3.63, 3.8) is 0 Å². The Morgan fingerprint density at radius 1 is 1.32 bits per heavy atom. The SMILES string of the molecule is COCCOCCCNc1ccc2scnc2c1N. The second-order valence-corrected chi connectivity index (χ2v) is 5.00. The van der Waals surface area contributed by atoms with Crippen molar-refractivity contribution < 1.29 is 9.47 Å². The molecule has 0 saturated carbocycles. The molecule has 0 aliphatic carbocycles. The lowest BCUT2D eigenvalue weighted by Gasteiger charge is -2.09. The number of fused-ring (bicyclic) bond motifs is 1. The van der Waals surface area contributed by atoms with E-state index in [0.717, 1.165) is 41.2 Å². The summed E-state index contributed by atoms with van der Waals surface area (Å²) in [7, 11) is 1.67. The number of nitrogens with two attached hydrogens (primary N) is 1. The lowest BCUT2D eigenvalue weighted by atomic mass is 10.2. The normalized spacial score (nSPS) is 11.0. The molecule has 1 aromatic heterocycles. The average molecular weight is 281 g/mol. The molecule has 19 heavy (non-hydrogen) atoms. The van der Waals surface area contributed by atoms with E-state index in [1.807, 2.05) is 17.6 Å². The molecule has 0 atom stereocenters. The van der Waals surface area contributed by atoms with Crippen LogP contribution in [0.3, 0.4) is 0 Å². The van der Waals surface area contributed by atoms with Gasteiger partial charge in [0.15, 0.2) is 0 Å². The maximum atomic E-state index is 6.08. The highest BCUT2D eigenvalue weighted by molar-refractivity contribution is 7.16. The zero-order valence-corrected chi connectivity index (χ0v) is 11.8. The third kappa shape index (κ3) is 3.79. The Kier molecular flexibility index (Phi) is 5.38. The van der Waals surface area contributed by atoms with Gasteiger partial charge < -0.3 is 20.5 Å².